The molecule has 0 spiro atoms. The third kappa shape index (κ3) is 3.68. The first-order valence-corrected chi connectivity index (χ1v) is 7.79. The minimum Gasteiger partial charge on any atom is -0.383 e. The average Bonchev–Trinajstić information content (AvgIpc) is 2.91. The molecule has 2 amide bonds. The number of hydrogen-bond donors (Lipinski definition) is 2. The number of carbonyl (C=O) groups is 2. The second-order valence-electron chi connectivity index (χ2n) is 5.75. The van der Waals surface area contributed by atoms with Gasteiger partial charge >= 0.3 is 0 Å². The predicted molar refractivity (Wildman–Crippen MR) is 83.5 cm³/mol. The molecule has 1 saturated heterocycles. The van der Waals surface area contributed by atoms with Gasteiger partial charge in [-0.2, -0.15) is 0 Å². The number of aliphatic hydroxyl groups excluding tert-OH is 1. The van der Waals surface area contributed by atoms with Crippen LogP contribution in [-0.2, 0) is 16.1 Å². The summed E-state index contributed by atoms with van der Waals surface area (Å²) in [5, 5.41) is 12.5. The van der Waals surface area contributed by atoms with Crippen molar-refractivity contribution in [3.05, 3.63) is 36.3 Å². The molecule has 0 aliphatic carbocycles. The molecule has 122 valence electrons. The van der Waals surface area contributed by atoms with E-state index in [9.17, 15) is 14.7 Å². The monoisotopic (exact) mass is 316 g/mol. The standard InChI is InChI=1S/C16H20N4O3/c21-13-5-1-3-8-20(16(13)23)11-15(22)17-9-12-10-19-7-4-2-6-14(19)18-12/h2,4,6-7,10,13,21H,1,3,5,8-9,11H2,(H,17,22). The number of rotatable bonds is 4. The molecule has 2 aromatic rings. The van der Waals surface area contributed by atoms with E-state index in [1.54, 1.807) is 0 Å². The quantitative estimate of drug-likeness (QED) is 0.851. The van der Waals surface area contributed by atoms with E-state index >= 15 is 0 Å². The van der Waals surface area contributed by atoms with Crippen molar-refractivity contribution in [1.82, 2.24) is 19.6 Å². The fourth-order valence-electron chi connectivity index (χ4n) is 2.73. The zero-order chi connectivity index (χ0) is 16.2. The van der Waals surface area contributed by atoms with Gasteiger partial charge in [-0.1, -0.05) is 6.07 Å². The number of hydrogen-bond acceptors (Lipinski definition) is 4. The fraction of sp³-hybridized carbons (Fsp3) is 0.438. The molecule has 1 unspecified atom stereocenters. The van der Waals surface area contributed by atoms with E-state index in [1.165, 1.54) is 4.90 Å². The van der Waals surface area contributed by atoms with Gasteiger partial charge in [-0.15, -0.1) is 0 Å². The number of aliphatic hydroxyl groups is 1. The van der Waals surface area contributed by atoms with Crippen LogP contribution >= 0.6 is 0 Å². The Labute approximate surface area is 133 Å². The minimum absolute atomic E-state index is 0.0245. The molecule has 3 heterocycles. The van der Waals surface area contributed by atoms with Crippen LogP contribution in [0.1, 0.15) is 25.0 Å². The van der Waals surface area contributed by atoms with Crippen molar-refractivity contribution in [2.45, 2.75) is 31.9 Å². The molecule has 7 nitrogen and oxygen atoms in total. The third-order valence-electron chi connectivity index (χ3n) is 3.97. The first kappa shape index (κ1) is 15.5. The van der Waals surface area contributed by atoms with Crippen molar-refractivity contribution in [2.75, 3.05) is 13.1 Å². The normalized spacial score (nSPS) is 18.9. The van der Waals surface area contributed by atoms with Crippen LogP contribution in [-0.4, -0.2) is 50.4 Å². The van der Waals surface area contributed by atoms with Crippen molar-refractivity contribution >= 4 is 17.5 Å². The second-order valence-corrected chi connectivity index (χ2v) is 5.75. The number of nitrogens with one attached hydrogen (secondary N) is 1. The number of aromatic nitrogens is 2. The number of amides is 2. The molecule has 7 heteroatoms. The average molecular weight is 316 g/mol. The SMILES string of the molecule is O=C(CN1CCCCC(O)C1=O)NCc1cn2ccccc2n1. The Balaban J connectivity index is 1.55. The molecule has 1 atom stereocenters. The molecular weight excluding hydrogens is 296 g/mol. The van der Waals surface area contributed by atoms with Gasteiger partial charge in [0, 0.05) is 18.9 Å². The first-order chi connectivity index (χ1) is 11.1. The van der Waals surface area contributed by atoms with Crippen LogP contribution in [0.3, 0.4) is 0 Å². The first-order valence-electron chi connectivity index (χ1n) is 7.79. The number of fused-ring (bicyclic) bond motifs is 1. The van der Waals surface area contributed by atoms with Gasteiger partial charge in [-0.3, -0.25) is 9.59 Å². The van der Waals surface area contributed by atoms with Gasteiger partial charge in [-0.05, 0) is 31.4 Å². The minimum atomic E-state index is -0.983. The molecule has 0 bridgehead atoms. The summed E-state index contributed by atoms with van der Waals surface area (Å²) in [6, 6.07) is 5.71. The number of nitrogens with zero attached hydrogens (tertiary/aromatic N) is 3. The van der Waals surface area contributed by atoms with Crippen LogP contribution < -0.4 is 5.32 Å². The Morgan fingerprint density at radius 1 is 1.39 bits per heavy atom. The molecule has 0 saturated carbocycles. The highest BCUT2D eigenvalue weighted by molar-refractivity contribution is 5.87. The number of carbonyl (C=O) groups excluding carboxylic acids is 2. The molecular formula is C16H20N4O3. The fourth-order valence-corrected chi connectivity index (χ4v) is 2.73. The maximum Gasteiger partial charge on any atom is 0.251 e. The smallest absolute Gasteiger partial charge is 0.251 e. The van der Waals surface area contributed by atoms with E-state index in [0.717, 1.165) is 24.2 Å². The van der Waals surface area contributed by atoms with Crippen LogP contribution in [0.15, 0.2) is 30.6 Å². The summed E-state index contributed by atoms with van der Waals surface area (Å²) >= 11 is 0. The third-order valence-corrected chi connectivity index (χ3v) is 3.97. The Morgan fingerprint density at radius 2 is 2.26 bits per heavy atom. The number of imidazole rings is 1. The van der Waals surface area contributed by atoms with E-state index in [1.807, 2.05) is 35.0 Å². The lowest BCUT2D eigenvalue weighted by Crippen LogP contribution is -2.44. The molecule has 0 radical (unpaired) electrons. The maximum atomic E-state index is 12.0. The molecule has 1 fully saturated rings. The summed E-state index contributed by atoms with van der Waals surface area (Å²) in [6.45, 7) is 0.798. The summed E-state index contributed by atoms with van der Waals surface area (Å²) in [5.74, 6) is -0.602. The van der Waals surface area contributed by atoms with E-state index < -0.39 is 6.10 Å². The summed E-state index contributed by atoms with van der Waals surface area (Å²) in [6.07, 6.45) is 4.85. The van der Waals surface area contributed by atoms with Gasteiger partial charge in [-0.25, -0.2) is 4.98 Å². The molecule has 3 rings (SSSR count). The van der Waals surface area contributed by atoms with Crippen molar-refractivity contribution in [3.63, 3.8) is 0 Å². The van der Waals surface area contributed by atoms with Gasteiger partial charge in [0.25, 0.3) is 5.91 Å². The van der Waals surface area contributed by atoms with Gasteiger partial charge in [0.1, 0.15) is 11.8 Å². The maximum absolute atomic E-state index is 12.0. The molecule has 2 N–H and O–H groups in total. The highest BCUT2D eigenvalue weighted by atomic mass is 16.3. The highest BCUT2D eigenvalue weighted by Gasteiger charge is 2.26. The molecule has 2 aromatic heterocycles. The number of pyridine rings is 1. The largest absolute Gasteiger partial charge is 0.383 e. The lowest BCUT2D eigenvalue weighted by molar-refractivity contribution is -0.142. The Hall–Kier alpha value is -2.41. The van der Waals surface area contributed by atoms with Crippen molar-refractivity contribution < 1.29 is 14.7 Å². The summed E-state index contributed by atoms with van der Waals surface area (Å²) in [5.41, 5.74) is 1.58. The van der Waals surface area contributed by atoms with Crippen molar-refractivity contribution in [2.24, 2.45) is 0 Å². The van der Waals surface area contributed by atoms with Crippen LogP contribution in [0.25, 0.3) is 5.65 Å². The van der Waals surface area contributed by atoms with Crippen LogP contribution in [0.4, 0.5) is 0 Å². The Bertz CT molecular complexity index is 679. The predicted octanol–water partition coefficient (Wildman–Crippen LogP) is 0.324. The Morgan fingerprint density at radius 3 is 3.09 bits per heavy atom. The molecule has 23 heavy (non-hydrogen) atoms. The van der Waals surface area contributed by atoms with E-state index in [2.05, 4.69) is 10.3 Å². The molecule has 0 aromatic carbocycles. The summed E-state index contributed by atoms with van der Waals surface area (Å²) in [4.78, 5) is 29.8. The highest BCUT2D eigenvalue weighted by Crippen LogP contribution is 2.11. The van der Waals surface area contributed by atoms with E-state index in [-0.39, 0.29) is 18.4 Å². The summed E-state index contributed by atoms with van der Waals surface area (Å²) in [7, 11) is 0. The van der Waals surface area contributed by atoms with Crippen molar-refractivity contribution in [1.29, 1.82) is 0 Å². The van der Waals surface area contributed by atoms with E-state index in [0.29, 0.717) is 19.5 Å². The van der Waals surface area contributed by atoms with Gasteiger partial charge in [0.05, 0.1) is 18.8 Å². The second kappa shape index (κ2) is 6.78. The number of likely N-dealkylation sites (tertiary alicyclic amines) is 1. The van der Waals surface area contributed by atoms with Crippen LogP contribution in [0, 0.1) is 0 Å². The van der Waals surface area contributed by atoms with Crippen LogP contribution in [0.2, 0.25) is 0 Å². The molecule has 1 aliphatic heterocycles. The zero-order valence-electron chi connectivity index (χ0n) is 12.8. The zero-order valence-corrected chi connectivity index (χ0v) is 12.8. The topological polar surface area (TPSA) is 86.9 Å². The van der Waals surface area contributed by atoms with Crippen molar-refractivity contribution in [3.8, 4) is 0 Å². The van der Waals surface area contributed by atoms with Crippen LogP contribution in [0.5, 0.6) is 0 Å². The lowest BCUT2D eigenvalue weighted by Gasteiger charge is -2.21. The van der Waals surface area contributed by atoms with Gasteiger partial charge < -0.3 is 19.7 Å². The summed E-state index contributed by atoms with van der Waals surface area (Å²) < 4.78 is 1.89. The van der Waals surface area contributed by atoms with Gasteiger partial charge in [0.2, 0.25) is 5.91 Å². The van der Waals surface area contributed by atoms with Gasteiger partial charge in [0.15, 0.2) is 0 Å². The Kier molecular flexibility index (Phi) is 4.57. The van der Waals surface area contributed by atoms with E-state index in [4.69, 9.17) is 0 Å². The molecule has 1 aliphatic rings. The lowest BCUT2D eigenvalue weighted by atomic mass is 10.2.